The van der Waals surface area contributed by atoms with Crippen LogP contribution >= 0.6 is 11.8 Å². The summed E-state index contributed by atoms with van der Waals surface area (Å²) in [5, 5.41) is 0.790. The van der Waals surface area contributed by atoms with Gasteiger partial charge in [-0.1, -0.05) is 25.1 Å². The molecule has 0 aromatic carbocycles. The van der Waals surface area contributed by atoms with Crippen LogP contribution < -0.4 is 5.56 Å². The molecule has 0 aliphatic heterocycles. The average Bonchev–Trinajstić information content (AvgIpc) is 3.00. The van der Waals surface area contributed by atoms with E-state index in [2.05, 4.69) is 16.9 Å². The highest BCUT2D eigenvalue weighted by atomic mass is 32.2. The average molecular weight is 224 g/mol. The Hall–Kier alpha value is -0.770. The molecule has 1 aliphatic rings. The second kappa shape index (κ2) is 4.84. The molecule has 3 nitrogen and oxygen atoms in total. The molecule has 0 radical (unpaired) electrons. The molecule has 0 atom stereocenters. The van der Waals surface area contributed by atoms with E-state index in [1.165, 1.54) is 25.7 Å². The van der Waals surface area contributed by atoms with E-state index in [1.807, 2.05) is 0 Å². The van der Waals surface area contributed by atoms with Crippen LogP contribution in [-0.2, 0) is 0 Å². The third kappa shape index (κ3) is 3.09. The fourth-order valence-corrected chi connectivity index (χ4v) is 2.39. The fraction of sp³-hybridized carbons (Fsp3) is 0.636. The van der Waals surface area contributed by atoms with Crippen LogP contribution in [0.15, 0.2) is 16.0 Å². The maximum Gasteiger partial charge on any atom is 0.251 e. The molecule has 0 bridgehead atoms. The van der Waals surface area contributed by atoms with Gasteiger partial charge in [-0.05, 0) is 19.3 Å². The molecule has 15 heavy (non-hydrogen) atoms. The largest absolute Gasteiger partial charge is 0.301 e. The van der Waals surface area contributed by atoms with Crippen molar-refractivity contribution in [2.75, 3.05) is 5.75 Å². The fourth-order valence-electron chi connectivity index (χ4n) is 1.42. The van der Waals surface area contributed by atoms with Crippen molar-refractivity contribution in [2.24, 2.45) is 0 Å². The van der Waals surface area contributed by atoms with Gasteiger partial charge in [-0.15, -0.1) is 0 Å². The number of aromatic amines is 1. The summed E-state index contributed by atoms with van der Waals surface area (Å²) in [7, 11) is 0. The zero-order valence-corrected chi connectivity index (χ0v) is 9.77. The number of unbranched alkanes of at least 4 members (excludes halogenated alkanes) is 1. The van der Waals surface area contributed by atoms with Crippen molar-refractivity contribution in [1.82, 2.24) is 9.97 Å². The van der Waals surface area contributed by atoms with Gasteiger partial charge in [-0.2, -0.15) is 0 Å². The Morgan fingerprint density at radius 2 is 2.40 bits per heavy atom. The van der Waals surface area contributed by atoms with Crippen LogP contribution in [0.5, 0.6) is 0 Å². The Bertz CT molecular complexity index is 384. The molecule has 1 aromatic rings. The first-order chi connectivity index (χ1) is 7.29. The summed E-state index contributed by atoms with van der Waals surface area (Å²) in [6, 6.07) is 1.64. The Balaban J connectivity index is 2.06. The van der Waals surface area contributed by atoms with Crippen LogP contribution in [-0.4, -0.2) is 15.7 Å². The lowest BCUT2D eigenvalue weighted by atomic mass is 10.3. The quantitative estimate of drug-likeness (QED) is 0.475. The van der Waals surface area contributed by atoms with Crippen LogP contribution in [0.4, 0.5) is 0 Å². The van der Waals surface area contributed by atoms with Crippen molar-refractivity contribution >= 4 is 11.8 Å². The molecule has 1 aromatic heterocycles. The zero-order chi connectivity index (χ0) is 10.7. The van der Waals surface area contributed by atoms with Crippen molar-refractivity contribution in [3.05, 3.63) is 22.1 Å². The van der Waals surface area contributed by atoms with Gasteiger partial charge in [0.25, 0.3) is 5.56 Å². The van der Waals surface area contributed by atoms with Crippen molar-refractivity contribution in [3.8, 4) is 0 Å². The molecular formula is C11H16N2OS. The van der Waals surface area contributed by atoms with Crippen molar-refractivity contribution in [3.63, 3.8) is 0 Å². The normalized spacial score (nSPS) is 15.5. The summed E-state index contributed by atoms with van der Waals surface area (Å²) in [4.78, 5) is 18.6. The lowest BCUT2D eigenvalue weighted by Gasteiger charge is -2.02. The number of nitrogens with one attached hydrogen (secondary N) is 1. The van der Waals surface area contributed by atoms with Gasteiger partial charge in [0.15, 0.2) is 5.16 Å². The maximum absolute atomic E-state index is 11.4. The molecule has 1 fully saturated rings. The predicted octanol–water partition coefficient (Wildman–Crippen LogP) is 2.54. The second-order valence-electron chi connectivity index (χ2n) is 3.95. The molecule has 2 rings (SSSR count). The van der Waals surface area contributed by atoms with E-state index in [9.17, 15) is 4.79 Å². The van der Waals surface area contributed by atoms with Gasteiger partial charge in [0.1, 0.15) is 0 Å². The molecule has 4 heteroatoms. The molecule has 1 heterocycles. The number of hydrogen-bond donors (Lipinski definition) is 1. The molecule has 82 valence electrons. The minimum Gasteiger partial charge on any atom is -0.301 e. The number of hydrogen-bond acceptors (Lipinski definition) is 3. The first-order valence-corrected chi connectivity index (χ1v) is 6.52. The molecular weight excluding hydrogens is 208 g/mol. The van der Waals surface area contributed by atoms with Gasteiger partial charge < -0.3 is 4.98 Å². The highest BCUT2D eigenvalue weighted by Gasteiger charge is 2.25. The molecule has 0 saturated heterocycles. The first-order valence-electron chi connectivity index (χ1n) is 5.53. The van der Waals surface area contributed by atoms with Crippen LogP contribution in [0.3, 0.4) is 0 Å². The molecule has 1 aliphatic carbocycles. The summed E-state index contributed by atoms with van der Waals surface area (Å²) >= 11 is 1.65. The molecule has 0 unspecified atom stereocenters. The topological polar surface area (TPSA) is 45.8 Å². The van der Waals surface area contributed by atoms with Gasteiger partial charge >= 0.3 is 0 Å². The minimum absolute atomic E-state index is 0.00843. The molecule has 1 N–H and O–H groups in total. The Labute approximate surface area is 93.7 Å². The van der Waals surface area contributed by atoms with Crippen LogP contribution in [0.25, 0.3) is 0 Å². The van der Waals surface area contributed by atoms with E-state index in [1.54, 1.807) is 17.8 Å². The zero-order valence-electron chi connectivity index (χ0n) is 8.95. The molecule has 1 saturated carbocycles. The first kappa shape index (κ1) is 10.7. The van der Waals surface area contributed by atoms with Gasteiger partial charge in [0.05, 0.1) is 5.69 Å². The highest BCUT2D eigenvalue weighted by Crippen LogP contribution is 2.38. The predicted molar refractivity (Wildman–Crippen MR) is 62.5 cm³/mol. The van der Waals surface area contributed by atoms with Crippen molar-refractivity contribution in [1.29, 1.82) is 0 Å². The highest BCUT2D eigenvalue weighted by molar-refractivity contribution is 7.99. The number of thioether (sulfide) groups is 1. The SMILES string of the molecule is CCCCSc1nc(C2CC2)cc(=O)[nH]1. The van der Waals surface area contributed by atoms with E-state index in [0.717, 1.165) is 16.6 Å². The minimum atomic E-state index is -0.00843. The van der Waals surface area contributed by atoms with E-state index in [-0.39, 0.29) is 5.56 Å². The summed E-state index contributed by atoms with van der Waals surface area (Å²) in [6.07, 6.45) is 4.73. The van der Waals surface area contributed by atoms with Crippen LogP contribution in [0, 0.1) is 0 Å². The number of H-pyrrole nitrogens is 1. The number of rotatable bonds is 5. The lowest BCUT2D eigenvalue weighted by molar-refractivity contribution is 0.852. The summed E-state index contributed by atoms with van der Waals surface area (Å²) in [5.74, 6) is 1.59. The second-order valence-corrected chi connectivity index (χ2v) is 5.04. The van der Waals surface area contributed by atoms with E-state index >= 15 is 0 Å². The van der Waals surface area contributed by atoms with Crippen LogP contribution in [0.2, 0.25) is 0 Å². The number of aromatic nitrogens is 2. The van der Waals surface area contributed by atoms with Gasteiger partial charge in [0.2, 0.25) is 0 Å². The maximum atomic E-state index is 11.4. The third-order valence-electron chi connectivity index (χ3n) is 2.47. The summed E-state index contributed by atoms with van der Waals surface area (Å²) in [6.45, 7) is 2.16. The summed E-state index contributed by atoms with van der Waals surface area (Å²) < 4.78 is 0. The smallest absolute Gasteiger partial charge is 0.251 e. The Kier molecular flexibility index (Phi) is 3.46. The standard InChI is InChI=1S/C11H16N2OS/c1-2-3-6-15-11-12-9(8-4-5-8)7-10(14)13-11/h7-8H,2-6H2,1H3,(H,12,13,14). The Morgan fingerprint density at radius 1 is 1.60 bits per heavy atom. The molecule has 0 spiro atoms. The Morgan fingerprint density at radius 3 is 3.07 bits per heavy atom. The van der Waals surface area contributed by atoms with Crippen LogP contribution in [0.1, 0.15) is 44.2 Å². The van der Waals surface area contributed by atoms with Gasteiger partial charge in [-0.25, -0.2) is 4.98 Å². The third-order valence-corrected chi connectivity index (χ3v) is 3.43. The van der Waals surface area contributed by atoms with E-state index in [4.69, 9.17) is 0 Å². The molecule has 0 amide bonds. The van der Waals surface area contributed by atoms with E-state index < -0.39 is 0 Å². The lowest BCUT2D eigenvalue weighted by Crippen LogP contribution is -2.09. The van der Waals surface area contributed by atoms with Crippen molar-refractivity contribution < 1.29 is 0 Å². The summed E-state index contributed by atoms with van der Waals surface area (Å²) in [5.41, 5.74) is 0.976. The monoisotopic (exact) mass is 224 g/mol. The van der Waals surface area contributed by atoms with Crippen molar-refractivity contribution in [2.45, 2.75) is 43.7 Å². The van der Waals surface area contributed by atoms with E-state index in [0.29, 0.717) is 5.92 Å². The van der Waals surface area contributed by atoms with Gasteiger partial charge in [-0.3, -0.25) is 4.79 Å². The number of nitrogens with zero attached hydrogens (tertiary/aromatic N) is 1. The van der Waals surface area contributed by atoms with Gasteiger partial charge in [0, 0.05) is 17.7 Å².